The number of fused-ring (bicyclic) bond motifs is 1. The number of carbonyl (C=O) groups is 2. The number of rotatable bonds is 3. The molecule has 20 heavy (non-hydrogen) atoms. The van der Waals surface area contributed by atoms with Gasteiger partial charge in [-0.25, -0.2) is 0 Å². The van der Waals surface area contributed by atoms with E-state index in [1.54, 1.807) is 30.5 Å². The maximum absolute atomic E-state index is 11.6. The van der Waals surface area contributed by atoms with Crippen molar-refractivity contribution in [3.05, 3.63) is 36.5 Å². The summed E-state index contributed by atoms with van der Waals surface area (Å²) in [7, 11) is 0. The van der Waals surface area contributed by atoms with Crippen LogP contribution < -0.4 is 16.4 Å². The highest BCUT2D eigenvalue weighted by atomic mass is 32.1. The lowest BCUT2D eigenvalue weighted by Gasteiger charge is -2.06. The van der Waals surface area contributed by atoms with Crippen LogP contribution >= 0.6 is 12.2 Å². The molecule has 0 spiro atoms. The van der Waals surface area contributed by atoms with Gasteiger partial charge in [-0.2, -0.15) is 0 Å². The van der Waals surface area contributed by atoms with Crippen LogP contribution in [-0.2, 0) is 9.59 Å². The molecule has 0 radical (unpaired) electrons. The van der Waals surface area contributed by atoms with Crippen LogP contribution in [0.3, 0.4) is 0 Å². The lowest BCUT2D eigenvalue weighted by atomic mass is 10.2. The molecule has 0 aliphatic heterocycles. The Balaban J connectivity index is 2.05. The number of thiocarbonyl (C=S) groups is 1. The van der Waals surface area contributed by atoms with Crippen LogP contribution in [0.15, 0.2) is 36.5 Å². The average molecular weight is 288 g/mol. The second-order valence-electron chi connectivity index (χ2n) is 4.01. The summed E-state index contributed by atoms with van der Waals surface area (Å²) in [4.78, 5) is 27.4. The van der Waals surface area contributed by atoms with E-state index in [4.69, 9.17) is 5.73 Å². The minimum Gasteiger partial charge on any atom is -0.392 e. The van der Waals surface area contributed by atoms with Crippen LogP contribution in [0.1, 0.15) is 0 Å². The molecule has 2 rings (SSSR count). The van der Waals surface area contributed by atoms with Crippen molar-refractivity contribution in [3.8, 4) is 0 Å². The smallest absolute Gasteiger partial charge is 0.313 e. The molecule has 1 aromatic heterocycles. The average Bonchev–Trinajstić information content (AvgIpc) is 2.44. The van der Waals surface area contributed by atoms with Crippen molar-refractivity contribution in [3.63, 3.8) is 0 Å². The summed E-state index contributed by atoms with van der Waals surface area (Å²) < 4.78 is 0. The van der Waals surface area contributed by atoms with Gasteiger partial charge in [0.05, 0.1) is 17.0 Å². The molecule has 102 valence electrons. The molecule has 1 heterocycles. The van der Waals surface area contributed by atoms with Crippen LogP contribution in [0.5, 0.6) is 0 Å². The quantitative estimate of drug-likeness (QED) is 0.567. The molecular weight excluding hydrogens is 276 g/mol. The third kappa shape index (κ3) is 3.48. The number of nitrogens with one attached hydrogen (secondary N) is 2. The molecule has 6 nitrogen and oxygen atoms in total. The second-order valence-corrected chi connectivity index (χ2v) is 4.54. The van der Waals surface area contributed by atoms with E-state index in [9.17, 15) is 9.59 Å². The Morgan fingerprint density at radius 3 is 2.80 bits per heavy atom. The van der Waals surface area contributed by atoms with Crippen LogP contribution in [-0.4, -0.2) is 28.3 Å². The van der Waals surface area contributed by atoms with Gasteiger partial charge in [-0.15, -0.1) is 0 Å². The molecular formula is C13H12N4O2S. The van der Waals surface area contributed by atoms with Gasteiger partial charge < -0.3 is 16.4 Å². The fourth-order valence-electron chi connectivity index (χ4n) is 1.59. The molecule has 7 heteroatoms. The van der Waals surface area contributed by atoms with Crippen molar-refractivity contribution >= 4 is 45.6 Å². The van der Waals surface area contributed by atoms with E-state index in [1.165, 1.54) is 0 Å². The van der Waals surface area contributed by atoms with E-state index < -0.39 is 11.8 Å². The van der Waals surface area contributed by atoms with Gasteiger partial charge in [-0.1, -0.05) is 18.3 Å². The molecule has 0 saturated carbocycles. The van der Waals surface area contributed by atoms with Crippen LogP contribution in [0.2, 0.25) is 0 Å². The molecule has 0 aliphatic carbocycles. The van der Waals surface area contributed by atoms with Crippen LogP contribution in [0, 0.1) is 0 Å². The van der Waals surface area contributed by atoms with E-state index in [1.807, 2.05) is 6.07 Å². The number of anilines is 1. The molecule has 2 amide bonds. The van der Waals surface area contributed by atoms with Gasteiger partial charge in [-0.05, 0) is 24.3 Å². The maximum atomic E-state index is 11.6. The highest BCUT2D eigenvalue weighted by Crippen LogP contribution is 2.16. The number of nitrogens with two attached hydrogens (primary N) is 1. The number of pyridine rings is 1. The topological polar surface area (TPSA) is 97.1 Å². The molecule has 4 N–H and O–H groups in total. The number of aromatic nitrogens is 1. The van der Waals surface area contributed by atoms with Gasteiger partial charge in [0.25, 0.3) is 0 Å². The number of hydrogen-bond acceptors (Lipinski definition) is 4. The van der Waals surface area contributed by atoms with E-state index in [0.717, 1.165) is 10.9 Å². The Bertz CT molecular complexity index is 687. The van der Waals surface area contributed by atoms with Crippen molar-refractivity contribution in [2.24, 2.45) is 5.73 Å². The summed E-state index contributed by atoms with van der Waals surface area (Å²) in [6.45, 7) is -0.0107. The van der Waals surface area contributed by atoms with Gasteiger partial charge in [0.2, 0.25) is 0 Å². The Morgan fingerprint density at radius 2 is 2.05 bits per heavy atom. The Kier molecular flexibility index (Phi) is 4.21. The number of nitrogens with zero attached hydrogens (tertiary/aromatic N) is 1. The summed E-state index contributed by atoms with van der Waals surface area (Å²) in [6, 6.07) is 8.83. The molecule has 2 aromatic rings. The lowest BCUT2D eigenvalue weighted by Crippen LogP contribution is -2.39. The monoisotopic (exact) mass is 288 g/mol. The SMILES string of the molecule is NC(=S)CNC(=O)C(=O)Nc1ccc2ncccc2c1. The molecule has 0 atom stereocenters. The third-order valence-electron chi connectivity index (χ3n) is 2.49. The Labute approximate surface area is 120 Å². The van der Waals surface area contributed by atoms with Gasteiger partial charge in [0, 0.05) is 17.3 Å². The first-order chi connectivity index (χ1) is 9.56. The molecule has 0 saturated heterocycles. The summed E-state index contributed by atoms with van der Waals surface area (Å²) in [5, 5.41) is 5.67. The highest BCUT2D eigenvalue weighted by molar-refractivity contribution is 7.80. The lowest BCUT2D eigenvalue weighted by molar-refractivity contribution is -0.135. The van der Waals surface area contributed by atoms with E-state index in [2.05, 4.69) is 27.8 Å². The molecule has 0 bridgehead atoms. The summed E-state index contributed by atoms with van der Waals surface area (Å²) in [5.74, 6) is -1.56. The zero-order chi connectivity index (χ0) is 14.5. The van der Waals surface area contributed by atoms with Crippen molar-refractivity contribution in [2.75, 3.05) is 11.9 Å². The predicted molar refractivity (Wildman–Crippen MR) is 80.2 cm³/mol. The number of carbonyl (C=O) groups excluding carboxylic acids is 2. The minimum atomic E-state index is -0.788. The number of hydrogen-bond donors (Lipinski definition) is 3. The minimum absolute atomic E-state index is 0.0107. The molecule has 0 unspecified atom stereocenters. The van der Waals surface area contributed by atoms with E-state index in [-0.39, 0.29) is 11.5 Å². The Morgan fingerprint density at radius 1 is 1.25 bits per heavy atom. The van der Waals surface area contributed by atoms with E-state index >= 15 is 0 Å². The summed E-state index contributed by atoms with van der Waals surface area (Å²) >= 11 is 4.61. The Hall–Kier alpha value is -2.54. The fraction of sp³-hybridized carbons (Fsp3) is 0.0769. The van der Waals surface area contributed by atoms with Crippen LogP contribution in [0.25, 0.3) is 10.9 Å². The zero-order valence-corrected chi connectivity index (χ0v) is 11.2. The van der Waals surface area contributed by atoms with Crippen LogP contribution in [0.4, 0.5) is 5.69 Å². The van der Waals surface area contributed by atoms with E-state index in [0.29, 0.717) is 5.69 Å². The predicted octanol–water partition coefficient (Wildman–Crippen LogP) is 0.576. The highest BCUT2D eigenvalue weighted by Gasteiger charge is 2.13. The first-order valence-corrected chi connectivity index (χ1v) is 6.19. The van der Waals surface area contributed by atoms with Crippen molar-refractivity contribution in [2.45, 2.75) is 0 Å². The van der Waals surface area contributed by atoms with Gasteiger partial charge in [0.15, 0.2) is 0 Å². The van der Waals surface area contributed by atoms with Gasteiger partial charge in [-0.3, -0.25) is 14.6 Å². The zero-order valence-electron chi connectivity index (χ0n) is 10.4. The van der Waals surface area contributed by atoms with Gasteiger partial charge >= 0.3 is 11.8 Å². The first-order valence-electron chi connectivity index (χ1n) is 5.78. The third-order valence-corrected chi connectivity index (χ3v) is 2.63. The largest absolute Gasteiger partial charge is 0.392 e. The summed E-state index contributed by atoms with van der Waals surface area (Å²) in [5.41, 5.74) is 6.56. The van der Waals surface area contributed by atoms with Gasteiger partial charge in [0.1, 0.15) is 0 Å². The molecule has 0 fully saturated rings. The molecule has 1 aromatic carbocycles. The normalized spacial score (nSPS) is 10.0. The summed E-state index contributed by atoms with van der Waals surface area (Å²) in [6.07, 6.45) is 1.68. The number of amides is 2. The maximum Gasteiger partial charge on any atom is 0.313 e. The van der Waals surface area contributed by atoms with Crippen molar-refractivity contribution in [1.82, 2.24) is 10.3 Å². The number of benzene rings is 1. The van der Waals surface area contributed by atoms with Crippen molar-refractivity contribution < 1.29 is 9.59 Å². The standard InChI is InChI=1S/C13H12N4O2S/c14-11(20)7-16-12(18)13(19)17-9-3-4-10-8(6-9)2-1-5-15-10/h1-6H,7H2,(H2,14,20)(H,16,18)(H,17,19). The first kappa shape index (κ1) is 13.9. The molecule has 0 aliphatic rings. The van der Waals surface area contributed by atoms with Crippen molar-refractivity contribution in [1.29, 1.82) is 0 Å². The fourth-order valence-corrected chi connectivity index (χ4v) is 1.66. The second kappa shape index (κ2) is 6.07.